The minimum Gasteiger partial charge on any atom is -0.299 e. The van der Waals surface area contributed by atoms with Crippen LogP contribution in [-0.2, 0) is 9.59 Å². The number of hydrogen-bond donors (Lipinski definition) is 1. The van der Waals surface area contributed by atoms with Crippen molar-refractivity contribution in [2.75, 3.05) is 10.2 Å². The van der Waals surface area contributed by atoms with Gasteiger partial charge in [0.15, 0.2) is 10.0 Å². The second-order valence-electron chi connectivity index (χ2n) is 6.70. The fraction of sp³-hybridized carbons (Fsp3) is 0.150. The van der Waals surface area contributed by atoms with Gasteiger partial charge in [0.2, 0.25) is 5.91 Å². The third-order valence-electron chi connectivity index (χ3n) is 4.96. The minimum atomic E-state index is -1.06. The number of aromatic nitrogens is 1. The smallest absolute Gasteiger partial charge is 0.263 e. The Labute approximate surface area is 172 Å². The summed E-state index contributed by atoms with van der Waals surface area (Å²) in [6.45, 7) is 0. The molecule has 3 aromatic rings. The van der Waals surface area contributed by atoms with Crippen LogP contribution in [0.5, 0.6) is 0 Å². The van der Waals surface area contributed by atoms with E-state index in [-0.39, 0.29) is 34.6 Å². The molecule has 1 saturated heterocycles. The molecule has 0 spiro atoms. The lowest BCUT2D eigenvalue weighted by atomic mass is 10.1. The maximum absolute atomic E-state index is 14.0. The summed E-state index contributed by atoms with van der Waals surface area (Å²) in [4.78, 5) is 31.3. The number of fused-ring (bicyclic) bond motifs is 3. The van der Waals surface area contributed by atoms with E-state index in [9.17, 15) is 18.4 Å². The third kappa shape index (κ3) is 2.84. The highest BCUT2D eigenvalue weighted by molar-refractivity contribution is 8.02. The lowest BCUT2D eigenvalue weighted by molar-refractivity contribution is -0.121. The Balaban J connectivity index is 1.44. The molecule has 1 N–H and O–H groups in total. The summed E-state index contributed by atoms with van der Waals surface area (Å²) in [5.74, 6) is -1.62. The number of benzene rings is 2. The normalized spacial score (nSPS) is 19.9. The Kier molecular flexibility index (Phi) is 4.18. The van der Waals surface area contributed by atoms with E-state index in [1.165, 1.54) is 11.8 Å². The predicted octanol–water partition coefficient (Wildman–Crippen LogP) is 4.66. The van der Waals surface area contributed by atoms with Crippen LogP contribution in [-0.4, -0.2) is 21.7 Å². The molecule has 9 heteroatoms. The fourth-order valence-corrected chi connectivity index (χ4v) is 5.76. The second kappa shape index (κ2) is 6.64. The first-order valence-corrected chi connectivity index (χ1v) is 10.5. The van der Waals surface area contributed by atoms with Gasteiger partial charge in [0.25, 0.3) is 5.91 Å². The molecule has 0 aliphatic carbocycles. The first-order valence-electron chi connectivity index (χ1n) is 8.81. The monoisotopic (exact) mass is 429 g/mol. The number of hydrogen-bond acceptors (Lipinski definition) is 5. The molecular weight excluding hydrogens is 416 g/mol. The van der Waals surface area contributed by atoms with Crippen LogP contribution >= 0.6 is 23.1 Å². The summed E-state index contributed by atoms with van der Waals surface area (Å²) in [7, 11) is 0. The summed E-state index contributed by atoms with van der Waals surface area (Å²) in [6.07, 6.45) is 0.667. The zero-order valence-electron chi connectivity index (χ0n) is 14.8. The van der Waals surface area contributed by atoms with Crippen LogP contribution in [0.1, 0.15) is 12.8 Å². The Morgan fingerprint density at radius 3 is 2.90 bits per heavy atom. The number of para-hydroxylation sites is 1. The van der Waals surface area contributed by atoms with E-state index >= 15 is 0 Å². The molecule has 5 nitrogen and oxygen atoms in total. The summed E-state index contributed by atoms with van der Waals surface area (Å²) in [6, 6.07) is 10.5. The van der Waals surface area contributed by atoms with Gasteiger partial charge in [-0.3, -0.25) is 19.8 Å². The number of anilines is 2. The number of thioether (sulfide) groups is 1. The molecule has 146 valence electrons. The number of carbonyl (C=O) groups is 2. The van der Waals surface area contributed by atoms with Crippen LogP contribution in [0.25, 0.3) is 11.3 Å². The molecule has 0 radical (unpaired) electrons. The molecule has 5 rings (SSSR count). The molecule has 2 aliphatic rings. The van der Waals surface area contributed by atoms with E-state index in [1.807, 2.05) is 24.3 Å². The molecule has 0 saturated carbocycles. The Hall–Kier alpha value is -2.78. The van der Waals surface area contributed by atoms with E-state index < -0.39 is 16.5 Å². The van der Waals surface area contributed by atoms with E-state index in [2.05, 4.69) is 10.3 Å². The molecule has 1 aromatic heterocycles. The number of carbonyl (C=O) groups excluding carboxylic acids is 2. The molecule has 1 unspecified atom stereocenters. The molecule has 2 aliphatic heterocycles. The van der Waals surface area contributed by atoms with Gasteiger partial charge < -0.3 is 0 Å². The standard InChI is InChI=1S/C20H13F2N3O2S2/c21-11-5-6-13(22)12(9-11)14-10-28-19(23-14)24-18(27)20-8-7-17(26)25(20)15-3-1-2-4-16(15)29-20/h1-6,9-10H,7-8H2,(H,23,24,27). The molecular formula is C20H13F2N3O2S2. The summed E-state index contributed by atoms with van der Waals surface area (Å²) >= 11 is 2.47. The fourth-order valence-electron chi connectivity index (χ4n) is 3.64. The van der Waals surface area contributed by atoms with Crippen molar-refractivity contribution in [1.82, 2.24) is 4.98 Å². The van der Waals surface area contributed by atoms with Gasteiger partial charge >= 0.3 is 0 Å². The molecule has 29 heavy (non-hydrogen) atoms. The van der Waals surface area contributed by atoms with E-state index in [0.29, 0.717) is 6.42 Å². The molecule has 2 amide bonds. The first kappa shape index (κ1) is 18.3. The quantitative estimate of drug-likeness (QED) is 0.658. The maximum Gasteiger partial charge on any atom is 0.263 e. The van der Waals surface area contributed by atoms with Gasteiger partial charge in [0.1, 0.15) is 11.6 Å². The van der Waals surface area contributed by atoms with Crippen molar-refractivity contribution in [1.29, 1.82) is 0 Å². The van der Waals surface area contributed by atoms with E-state index in [0.717, 1.165) is 40.1 Å². The van der Waals surface area contributed by atoms with E-state index in [4.69, 9.17) is 0 Å². The lowest BCUT2D eigenvalue weighted by Crippen LogP contribution is -2.49. The summed E-state index contributed by atoms with van der Waals surface area (Å²) < 4.78 is 27.5. The SMILES string of the molecule is O=C1CCC2(C(=O)Nc3nc(-c4cc(F)ccc4F)cs3)Sc3ccccc3N12. The minimum absolute atomic E-state index is 0.0280. The number of nitrogens with zero attached hydrogens (tertiary/aromatic N) is 2. The average Bonchev–Trinajstić information content (AvgIpc) is 3.38. The van der Waals surface area contributed by atoms with Gasteiger partial charge in [-0.05, 0) is 36.8 Å². The van der Waals surface area contributed by atoms with E-state index in [1.54, 1.807) is 10.3 Å². The Morgan fingerprint density at radius 2 is 2.03 bits per heavy atom. The summed E-state index contributed by atoms with van der Waals surface area (Å²) in [5, 5.41) is 4.58. The zero-order valence-corrected chi connectivity index (χ0v) is 16.4. The highest BCUT2D eigenvalue weighted by Crippen LogP contribution is 2.56. The van der Waals surface area contributed by atoms with Crippen molar-refractivity contribution in [3.8, 4) is 11.3 Å². The Bertz CT molecular complexity index is 1170. The van der Waals surface area contributed by atoms with Crippen molar-refractivity contribution in [2.45, 2.75) is 22.6 Å². The molecule has 1 atom stereocenters. The van der Waals surface area contributed by atoms with Gasteiger partial charge in [-0.2, -0.15) is 0 Å². The van der Waals surface area contributed by atoms with Crippen LogP contribution in [0.2, 0.25) is 0 Å². The lowest BCUT2D eigenvalue weighted by Gasteiger charge is -2.29. The number of nitrogens with one attached hydrogen (secondary N) is 1. The Morgan fingerprint density at radius 1 is 1.21 bits per heavy atom. The molecule has 3 heterocycles. The highest BCUT2D eigenvalue weighted by Gasteiger charge is 2.57. The summed E-state index contributed by atoms with van der Waals surface area (Å²) in [5.41, 5.74) is 0.999. The number of halogens is 2. The predicted molar refractivity (Wildman–Crippen MR) is 108 cm³/mol. The van der Waals surface area contributed by atoms with Crippen molar-refractivity contribution in [3.63, 3.8) is 0 Å². The number of rotatable bonds is 3. The second-order valence-corrected chi connectivity index (χ2v) is 8.88. The van der Waals surface area contributed by atoms with Crippen LogP contribution < -0.4 is 10.2 Å². The molecule has 2 aromatic carbocycles. The topological polar surface area (TPSA) is 62.3 Å². The van der Waals surface area contributed by atoms with Crippen LogP contribution in [0.15, 0.2) is 52.7 Å². The van der Waals surface area contributed by atoms with Crippen LogP contribution in [0, 0.1) is 11.6 Å². The van der Waals surface area contributed by atoms with Crippen molar-refractivity contribution < 1.29 is 18.4 Å². The number of thiazole rings is 1. The molecule has 1 fully saturated rings. The van der Waals surface area contributed by atoms with Gasteiger partial charge in [-0.1, -0.05) is 23.9 Å². The first-order chi connectivity index (χ1) is 14.0. The largest absolute Gasteiger partial charge is 0.299 e. The van der Waals surface area contributed by atoms with Gasteiger partial charge in [0.05, 0.1) is 11.4 Å². The van der Waals surface area contributed by atoms with Crippen molar-refractivity contribution in [3.05, 3.63) is 59.5 Å². The van der Waals surface area contributed by atoms with Crippen molar-refractivity contribution >= 4 is 45.7 Å². The van der Waals surface area contributed by atoms with Gasteiger partial charge in [-0.25, -0.2) is 13.8 Å². The average molecular weight is 429 g/mol. The van der Waals surface area contributed by atoms with Crippen molar-refractivity contribution in [2.24, 2.45) is 0 Å². The van der Waals surface area contributed by atoms with Gasteiger partial charge in [0, 0.05) is 22.3 Å². The molecule has 0 bridgehead atoms. The highest BCUT2D eigenvalue weighted by atomic mass is 32.2. The van der Waals surface area contributed by atoms with Crippen LogP contribution in [0.4, 0.5) is 19.6 Å². The maximum atomic E-state index is 14.0. The third-order valence-corrected chi connectivity index (χ3v) is 7.19. The number of amides is 2. The van der Waals surface area contributed by atoms with Crippen LogP contribution in [0.3, 0.4) is 0 Å². The van der Waals surface area contributed by atoms with Gasteiger partial charge in [-0.15, -0.1) is 11.3 Å². The zero-order chi connectivity index (χ0) is 20.2.